The molecule has 0 saturated heterocycles. The normalized spacial score (nSPS) is 23.6. The molecule has 3 nitrogen and oxygen atoms in total. The lowest BCUT2D eigenvalue weighted by atomic mass is 9.63. The predicted octanol–water partition coefficient (Wildman–Crippen LogP) is 3.11. The summed E-state index contributed by atoms with van der Waals surface area (Å²) in [6.07, 6.45) is 3.31. The zero-order valence-electron chi connectivity index (χ0n) is 13.2. The van der Waals surface area contributed by atoms with Crippen LogP contribution in [0.2, 0.25) is 0 Å². The summed E-state index contributed by atoms with van der Waals surface area (Å²) in [7, 11) is 0. The highest BCUT2D eigenvalue weighted by molar-refractivity contribution is 5.85. The molecule has 3 N–H and O–H groups in total. The SMILES string of the molecule is CC(C)C(N)C(=O)NC1CC(C)(C)CC(C)(C)C1.Cl. The van der Waals surface area contributed by atoms with Crippen molar-refractivity contribution in [2.24, 2.45) is 22.5 Å². The van der Waals surface area contributed by atoms with Crippen molar-refractivity contribution in [2.75, 3.05) is 0 Å². The Morgan fingerprint density at radius 2 is 1.58 bits per heavy atom. The second kappa shape index (κ2) is 6.45. The van der Waals surface area contributed by atoms with E-state index in [2.05, 4.69) is 33.0 Å². The van der Waals surface area contributed by atoms with Gasteiger partial charge >= 0.3 is 0 Å². The highest BCUT2D eigenvalue weighted by Crippen LogP contribution is 2.45. The van der Waals surface area contributed by atoms with Gasteiger partial charge in [-0.3, -0.25) is 4.79 Å². The van der Waals surface area contributed by atoms with E-state index in [-0.39, 0.29) is 30.3 Å². The molecule has 0 heterocycles. The quantitative estimate of drug-likeness (QED) is 0.839. The Balaban J connectivity index is 0.00000324. The maximum atomic E-state index is 12.0. The minimum absolute atomic E-state index is 0. The molecule has 1 atom stereocenters. The molecule has 1 aliphatic carbocycles. The maximum absolute atomic E-state index is 12.0. The largest absolute Gasteiger partial charge is 0.352 e. The first-order valence-electron chi connectivity index (χ1n) is 7.08. The van der Waals surface area contributed by atoms with E-state index < -0.39 is 6.04 Å². The van der Waals surface area contributed by atoms with Gasteiger partial charge in [0.15, 0.2) is 0 Å². The van der Waals surface area contributed by atoms with Crippen molar-refractivity contribution in [3.8, 4) is 0 Å². The first kappa shape index (κ1) is 18.7. The van der Waals surface area contributed by atoms with Gasteiger partial charge in [0.2, 0.25) is 5.91 Å². The summed E-state index contributed by atoms with van der Waals surface area (Å²) < 4.78 is 0. The number of carbonyl (C=O) groups excluding carboxylic acids is 1. The van der Waals surface area contributed by atoms with Crippen molar-refractivity contribution in [3.63, 3.8) is 0 Å². The van der Waals surface area contributed by atoms with Crippen LogP contribution in [0, 0.1) is 16.7 Å². The molecule has 114 valence electrons. The van der Waals surface area contributed by atoms with Gasteiger partial charge in [-0.25, -0.2) is 0 Å². The summed E-state index contributed by atoms with van der Waals surface area (Å²) in [5, 5.41) is 3.15. The number of nitrogens with two attached hydrogens (primary N) is 1. The maximum Gasteiger partial charge on any atom is 0.237 e. The van der Waals surface area contributed by atoms with Gasteiger partial charge in [-0.05, 0) is 36.0 Å². The van der Waals surface area contributed by atoms with Crippen molar-refractivity contribution in [1.82, 2.24) is 5.32 Å². The van der Waals surface area contributed by atoms with Crippen molar-refractivity contribution >= 4 is 18.3 Å². The molecule has 0 aliphatic heterocycles. The third kappa shape index (κ3) is 5.70. The highest BCUT2D eigenvalue weighted by atomic mass is 35.5. The molecule has 0 aromatic carbocycles. The first-order chi connectivity index (χ1) is 8.02. The summed E-state index contributed by atoms with van der Waals surface area (Å²) in [6, 6.07) is -0.126. The van der Waals surface area contributed by atoms with Gasteiger partial charge in [0, 0.05) is 6.04 Å². The molecule has 4 heteroatoms. The van der Waals surface area contributed by atoms with E-state index in [1.54, 1.807) is 0 Å². The lowest BCUT2D eigenvalue weighted by Crippen LogP contribution is -2.52. The molecule has 1 rings (SSSR count). The number of rotatable bonds is 3. The first-order valence-corrected chi connectivity index (χ1v) is 7.08. The Morgan fingerprint density at radius 3 is 1.95 bits per heavy atom. The molecule has 0 aromatic heterocycles. The average molecular weight is 291 g/mol. The number of carbonyl (C=O) groups is 1. The van der Waals surface area contributed by atoms with Crippen LogP contribution in [0.25, 0.3) is 0 Å². The zero-order valence-corrected chi connectivity index (χ0v) is 14.1. The van der Waals surface area contributed by atoms with Crippen LogP contribution in [0.3, 0.4) is 0 Å². The van der Waals surface area contributed by atoms with E-state index in [1.807, 2.05) is 13.8 Å². The fourth-order valence-electron chi connectivity index (χ4n) is 3.55. The number of hydrogen-bond donors (Lipinski definition) is 2. The molecule has 0 bridgehead atoms. The standard InChI is InChI=1S/C15H30N2O.ClH/c1-10(2)12(16)13(18)17-11-7-14(3,4)9-15(5,6)8-11;/h10-12H,7-9,16H2,1-6H3,(H,17,18);1H. The van der Waals surface area contributed by atoms with Gasteiger partial charge in [-0.15, -0.1) is 12.4 Å². The third-order valence-corrected chi connectivity index (χ3v) is 3.92. The van der Waals surface area contributed by atoms with Gasteiger partial charge in [0.1, 0.15) is 0 Å². The molecule has 0 spiro atoms. The molecule has 1 aliphatic rings. The molecule has 1 unspecified atom stereocenters. The summed E-state index contributed by atoms with van der Waals surface area (Å²) in [6.45, 7) is 13.1. The van der Waals surface area contributed by atoms with Crippen molar-refractivity contribution in [2.45, 2.75) is 72.9 Å². The van der Waals surface area contributed by atoms with Crippen LogP contribution in [-0.4, -0.2) is 18.0 Å². The van der Waals surface area contributed by atoms with Gasteiger partial charge in [0.25, 0.3) is 0 Å². The van der Waals surface area contributed by atoms with Crippen molar-refractivity contribution in [3.05, 3.63) is 0 Å². The topological polar surface area (TPSA) is 55.1 Å². The molecule has 1 saturated carbocycles. The summed E-state index contributed by atoms with van der Waals surface area (Å²) in [5.41, 5.74) is 6.49. The van der Waals surface area contributed by atoms with Crippen LogP contribution >= 0.6 is 12.4 Å². The second-order valence-corrected chi connectivity index (χ2v) is 7.89. The van der Waals surface area contributed by atoms with Crippen molar-refractivity contribution in [1.29, 1.82) is 0 Å². The molecule has 1 amide bonds. The third-order valence-electron chi connectivity index (χ3n) is 3.92. The van der Waals surface area contributed by atoms with Crippen LogP contribution in [0.4, 0.5) is 0 Å². The lowest BCUT2D eigenvalue weighted by molar-refractivity contribution is -0.124. The minimum Gasteiger partial charge on any atom is -0.352 e. The van der Waals surface area contributed by atoms with Crippen molar-refractivity contribution < 1.29 is 4.79 Å². The molecule has 1 fully saturated rings. The van der Waals surface area contributed by atoms with Crippen LogP contribution in [0.1, 0.15) is 60.8 Å². The van der Waals surface area contributed by atoms with E-state index in [9.17, 15) is 4.79 Å². The fourth-order valence-corrected chi connectivity index (χ4v) is 3.55. The van der Waals surface area contributed by atoms with E-state index in [0.717, 1.165) is 12.8 Å². The summed E-state index contributed by atoms with van der Waals surface area (Å²) >= 11 is 0. The highest BCUT2D eigenvalue weighted by Gasteiger charge is 2.39. The van der Waals surface area contributed by atoms with Crippen LogP contribution in [-0.2, 0) is 4.79 Å². The Morgan fingerprint density at radius 1 is 1.16 bits per heavy atom. The Kier molecular flexibility index (Phi) is 6.35. The van der Waals surface area contributed by atoms with Crippen LogP contribution in [0.5, 0.6) is 0 Å². The van der Waals surface area contributed by atoms with E-state index in [0.29, 0.717) is 10.8 Å². The number of halogens is 1. The van der Waals surface area contributed by atoms with Crippen LogP contribution < -0.4 is 11.1 Å². The van der Waals surface area contributed by atoms with E-state index in [1.165, 1.54) is 6.42 Å². The van der Waals surface area contributed by atoms with Gasteiger partial charge in [-0.2, -0.15) is 0 Å². The van der Waals surface area contributed by atoms with Gasteiger partial charge in [-0.1, -0.05) is 41.5 Å². The molecule has 0 radical (unpaired) electrons. The predicted molar refractivity (Wildman–Crippen MR) is 83.4 cm³/mol. The molecular formula is C15H31ClN2O. The number of amides is 1. The number of hydrogen-bond acceptors (Lipinski definition) is 2. The minimum atomic E-state index is -0.391. The summed E-state index contributed by atoms with van der Waals surface area (Å²) in [5.74, 6) is 0.193. The fraction of sp³-hybridized carbons (Fsp3) is 0.933. The smallest absolute Gasteiger partial charge is 0.237 e. The monoisotopic (exact) mass is 290 g/mol. The second-order valence-electron chi connectivity index (χ2n) is 7.89. The Bertz CT molecular complexity index is 297. The molecular weight excluding hydrogens is 260 g/mol. The molecule has 19 heavy (non-hydrogen) atoms. The van der Waals surface area contributed by atoms with Crippen LogP contribution in [0.15, 0.2) is 0 Å². The average Bonchev–Trinajstić information content (AvgIpc) is 2.10. The lowest BCUT2D eigenvalue weighted by Gasteiger charge is -2.45. The number of nitrogens with one attached hydrogen (secondary N) is 1. The molecule has 0 aromatic rings. The Labute approximate surface area is 124 Å². The Hall–Kier alpha value is -0.280. The zero-order chi connectivity index (χ0) is 14.1. The summed E-state index contributed by atoms with van der Waals surface area (Å²) in [4.78, 5) is 12.0. The van der Waals surface area contributed by atoms with Gasteiger partial charge < -0.3 is 11.1 Å². The van der Waals surface area contributed by atoms with E-state index in [4.69, 9.17) is 5.73 Å². The van der Waals surface area contributed by atoms with Gasteiger partial charge in [0.05, 0.1) is 6.04 Å². The van der Waals surface area contributed by atoms with E-state index >= 15 is 0 Å².